The van der Waals surface area contributed by atoms with Gasteiger partial charge in [-0.25, -0.2) is 0 Å². The molecule has 0 unspecified atom stereocenters. The molecule has 2 aromatic carbocycles. The van der Waals surface area contributed by atoms with Gasteiger partial charge in [-0.3, -0.25) is 4.79 Å². The number of nitrogens with one attached hydrogen (secondary N) is 1. The van der Waals surface area contributed by atoms with Crippen molar-refractivity contribution in [3.05, 3.63) is 65.2 Å². The number of carbonyl (C=O) groups is 1. The third-order valence-corrected chi connectivity index (χ3v) is 3.28. The van der Waals surface area contributed by atoms with Crippen LogP contribution in [0.3, 0.4) is 0 Å². The maximum Gasteiger partial charge on any atom is 0.228 e. The van der Waals surface area contributed by atoms with E-state index in [2.05, 4.69) is 5.32 Å². The average molecular weight is 284 g/mol. The number of anilines is 1. The van der Waals surface area contributed by atoms with Crippen LogP contribution in [0.4, 0.5) is 5.69 Å². The molecule has 3 N–H and O–H groups in total. The standard InChI is InChI=1S/C17H20N2O2/c1-21-12-15-8-4-5-9-16(15)19-17(20)10-13-6-2-3-7-14(13)11-18/h2-9H,10-12,18H2,1H3,(H,19,20). The van der Waals surface area contributed by atoms with Gasteiger partial charge in [-0.15, -0.1) is 0 Å². The fourth-order valence-corrected chi connectivity index (χ4v) is 2.22. The van der Waals surface area contributed by atoms with Crippen LogP contribution >= 0.6 is 0 Å². The molecule has 0 spiro atoms. The molecular formula is C17H20N2O2. The molecule has 0 atom stereocenters. The van der Waals surface area contributed by atoms with Crippen LogP contribution < -0.4 is 11.1 Å². The first-order valence-electron chi connectivity index (χ1n) is 6.88. The monoisotopic (exact) mass is 284 g/mol. The number of carbonyl (C=O) groups excluding carboxylic acids is 1. The van der Waals surface area contributed by atoms with Gasteiger partial charge in [0.1, 0.15) is 0 Å². The second kappa shape index (κ2) is 7.57. The Labute approximate surface area is 124 Å². The van der Waals surface area contributed by atoms with Crippen molar-refractivity contribution >= 4 is 11.6 Å². The molecule has 0 fully saturated rings. The Morgan fingerprint density at radius 3 is 2.33 bits per heavy atom. The van der Waals surface area contributed by atoms with E-state index in [0.29, 0.717) is 19.6 Å². The fraction of sp³-hybridized carbons (Fsp3) is 0.235. The Morgan fingerprint density at radius 2 is 1.67 bits per heavy atom. The smallest absolute Gasteiger partial charge is 0.228 e. The summed E-state index contributed by atoms with van der Waals surface area (Å²) in [6.45, 7) is 0.902. The summed E-state index contributed by atoms with van der Waals surface area (Å²) in [7, 11) is 1.64. The van der Waals surface area contributed by atoms with Gasteiger partial charge in [0.05, 0.1) is 13.0 Å². The first-order valence-corrected chi connectivity index (χ1v) is 6.88. The van der Waals surface area contributed by atoms with Crippen LogP contribution in [0.25, 0.3) is 0 Å². The molecule has 0 saturated carbocycles. The average Bonchev–Trinajstić information content (AvgIpc) is 2.50. The van der Waals surface area contributed by atoms with Crippen LogP contribution in [0.1, 0.15) is 16.7 Å². The Kier molecular flexibility index (Phi) is 5.49. The lowest BCUT2D eigenvalue weighted by Crippen LogP contribution is -2.17. The Bertz CT molecular complexity index is 611. The molecule has 21 heavy (non-hydrogen) atoms. The normalized spacial score (nSPS) is 10.4. The Balaban J connectivity index is 2.08. The van der Waals surface area contributed by atoms with Crippen molar-refractivity contribution in [3.8, 4) is 0 Å². The van der Waals surface area contributed by atoms with Crippen LogP contribution in [-0.4, -0.2) is 13.0 Å². The molecule has 0 bridgehead atoms. The molecule has 0 heterocycles. The quantitative estimate of drug-likeness (QED) is 0.856. The van der Waals surface area contributed by atoms with Gasteiger partial charge in [-0.05, 0) is 17.2 Å². The summed E-state index contributed by atoms with van der Waals surface area (Å²) < 4.78 is 5.14. The molecule has 110 valence electrons. The van der Waals surface area contributed by atoms with Crippen LogP contribution in [0, 0.1) is 0 Å². The van der Waals surface area contributed by atoms with E-state index in [9.17, 15) is 4.79 Å². The van der Waals surface area contributed by atoms with Crippen LogP contribution in [0.5, 0.6) is 0 Å². The molecular weight excluding hydrogens is 264 g/mol. The number of rotatable bonds is 6. The summed E-state index contributed by atoms with van der Waals surface area (Å²) in [6, 6.07) is 15.4. The second-order valence-corrected chi connectivity index (χ2v) is 4.79. The largest absolute Gasteiger partial charge is 0.380 e. The SMILES string of the molecule is COCc1ccccc1NC(=O)Cc1ccccc1CN. The third-order valence-electron chi connectivity index (χ3n) is 3.28. The van der Waals surface area contributed by atoms with Gasteiger partial charge < -0.3 is 15.8 Å². The van der Waals surface area contributed by atoms with Crippen LogP contribution in [0.2, 0.25) is 0 Å². The summed E-state index contributed by atoms with van der Waals surface area (Å²) >= 11 is 0. The fourth-order valence-electron chi connectivity index (χ4n) is 2.22. The highest BCUT2D eigenvalue weighted by molar-refractivity contribution is 5.93. The minimum absolute atomic E-state index is 0.0561. The van der Waals surface area contributed by atoms with E-state index in [1.807, 2.05) is 48.5 Å². The molecule has 0 aliphatic rings. The molecule has 2 rings (SSSR count). The van der Waals surface area contributed by atoms with E-state index in [1.165, 1.54) is 0 Å². The number of hydrogen-bond acceptors (Lipinski definition) is 3. The highest BCUT2D eigenvalue weighted by Crippen LogP contribution is 2.17. The maximum atomic E-state index is 12.2. The molecule has 0 aliphatic carbocycles. The summed E-state index contributed by atoms with van der Waals surface area (Å²) in [5.74, 6) is -0.0561. The molecule has 4 heteroatoms. The number of benzene rings is 2. The lowest BCUT2D eigenvalue weighted by Gasteiger charge is -2.11. The van der Waals surface area contributed by atoms with Gasteiger partial charge >= 0.3 is 0 Å². The summed E-state index contributed by atoms with van der Waals surface area (Å²) in [5, 5.41) is 2.94. The molecule has 0 aliphatic heterocycles. The highest BCUT2D eigenvalue weighted by Gasteiger charge is 2.09. The molecule has 0 radical (unpaired) electrons. The van der Waals surface area contributed by atoms with Crippen molar-refractivity contribution in [1.29, 1.82) is 0 Å². The van der Waals surface area contributed by atoms with Crippen molar-refractivity contribution in [2.45, 2.75) is 19.6 Å². The minimum Gasteiger partial charge on any atom is -0.380 e. The molecule has 0 aromatic heterocycles. The van der Waals surface area contributed by atoms with Crippen molar-refractivity contribution < 1.29 is 9.53 Å². The molecule has 1 amide bonds. The lowest BCUT2D eigenvalue weighted by molar-refractivity contribution is -0.115. The van der Waals surface area contributed by atoms with E-state index < -0.39 is 0 Å². The third kappa shape index (κ3) is 4.15. The van der Waals surface area contributed by atoms with Crippen LogP contribution in [0.15, 0.2) is 48.5 Å². The Hall–Kier alpha value is -2.17. The lowest BCUT2D eigenvalue weighted by atomic mass is 10.0. The number of hydrogen-bond donors (Lipinski definition) is 2. The maximum absolute atomic E-state index is 12.2. The minimum atomic E-state index is -0.0561. The zero-order chi connectivity index (χ0) is 15.1. The van der Waals surface area contributed by atoms with Gasteiger partial charge in [-0.1, -0.05) is 42.5 Å². The van der Waals surface area contributed by atoms with E-state index >= 15 is 0 Å². The van der Waals surface area contributed by atoms with Crippen molar-refractivity contribution in [3.63, 3.8) is 0 Å². The van der Waals surface area contributed by atoms with Gasteiger partial charge in [0.2, 0.25) is 5.91 Å². The first-order chi connectivity index (χ1) is 10.2. The number of methoxy groups -OCH3 is 1. The number of ether oxygens (including phenoxy) is 1. The van der Waals surface area contributed by atoms with Crippen molar-refractivity contribution in [1.82, 2.24) is 0 Å². The zero-order valence-electron chi connectivity index (χ0n) is 12.1. The molecule has 0 saturated heterocycles. The van der Waals surface area contributed by atoms with Crippen molar-refractivity contribution in [2.24, 2.45) is 5.73 Å². The Morgan fingerprint density at radius 1 is 1.05 bits per heavy atom. The van der Waals surface area contributed by atoms with Gasteiger partial charge in [0.25, 0.3) is 0 Å². The topological polar surface area (TPSA) is 64.3 Å². The molecule has 4 nitrogen and oxygen atoms in total. The zero-order valence-corrected chi connectivity index (χ0v) is 12.1. The highest BCUT2D eigenvalue weighted by atomic mass is 16.5. The van der Waals surface area contributed by atoms with E-state index in [1.54, 1.807) is 7.11 Å². The molecule has 2 aromatic rings. The number of amides is 1. The number of nitrogens with two attached hydrogens (primary N) is 1. The first kappa shape index (κ1) is 15.2. The predicted octanol–water partition coefficient (Wildman–Crippen LogP) is 2.47. The summed E-state index contributed by atoms with van der Waals surface area (Å²) in [5.41, 5.74) is 9.40. The van der Waals surface area contributed by atoms with Crippen molar-refractivity contribution in [2.75, 3.05) is 12.4 Å². The van der Waals surface area contributed by atoms with Gasteiger partial charge in [-0.2, -0.15) is 0 Å². The summed E-state index contributed by atoms with van der Waals surface area (Å²) in [6.07, 6.45) is 0.314. The van der Waals surface area contributed by atoms with Gasteiger partial charge in [0.15, 0.2) is 0 Å². The second-order valence-electron chi connectivity index (χ2n) is 4.79. The number of para-hydroxylation sites is 1. The van der Waals surface area contributed by atoms with E-state index in [-0.39, 0.29) is 5.91 Å². The van der Waals surface area contributed by atoms with Gasteiger partial charge in [0, 0.05) is 24.9 Å². The van der Waals surface area contributed by atoms with Crippen LogP contribution in [-0.2, 0) is 29.1 Å². The van der Waals surface area contributed by atoms with E-state index in [4.69, 9.17) is 10.5 Å². The predicted molar refractivity (Wildman–Crippen MR) is 83.8 cm³/mol. The summed E-state index contributed by atoms with van der Waals surface area (Å²) in [4.78, 5) is 12.2. The van der Waals surface area contributed by atoms with E-state index in [0.717, 1.165) is 22.4 Å².